The second kappa shape index (κ2) is 8.99. The summed E-state index contributed by atoms with van der Waals surface area (Å²) in [6.07, 6.45) is -0.670. The van der Waals surface area contributed by atoms with Gasteiger partial charge in [-0.1, -0.05) is 38.1 Å². The Morgan fingerprint density at radius 3 is 2.37 bits per heavy atom. The first-order chi connectivity index (χ1) is 9.17. The minimum absolute atomic E-state index is 0.161. The van der Waals surface area contributed by atoms with Crippen molar-refractivity contribution in [2.24, 2.45) is 0 Å². The van der Waals surface area contributed by atoms with Crippen LogP contribution in [0, 0.1) is 0 Å². The van der Waals surface area contributed by atoms with Gasteiger partial charge in [0.15, 0.2) is 0 Å². The van der Waals surface area contributed by atoms with Gasteiger partial charge < -0.3 is 10.1 Å². The molecule has 0 aliphatic carbocycles. The van der Waals surface area contributed by atoms with Gasteiger partial charge in [0, 0.05) is 12.6 Å². The zero-order valence-corrected chi connectivity index (χ0v) is 11.7. The summed E-state index contributed by atoms with van der Waals surface area (Å²) < 4.78 is 28.9. The SMILES string of the molecule is CCNC(CCOCC(F)F)c1ccc(CC)cc1. The predicted molar refractivity (Wildman–Crippen MR) is 73.7 cm³/mol. The van der Waals surface area contributed by atoms with Crippen molar-refractivity contribution in [3.63, 3.8) is 0 Å². The lowest BCUT2D eigenvalue weighted by atomic mass is 10.0. The fourth-order valence-electron chi connectivity index (χ4n) is 1.99. The van der Waals surface area contributed by atoms with Gasteiger partial charge in [-0.05, 0) is 30.5 Å². The van der Waals surface area contributed by atoms with Crippen molar-refractivity contribution < 1.29 is 13.5 Å². The van der Waals surface area contributed by atoms with Gasteiger partial charge in [0.05, 0.1) is 0 Å². The highest BCUT2D eigenvalue weighted by Crippen LogP contribution is 2.18. The summed E-state index contributed by atoms with van der Waals surface area (Å²) in [7, 11) is 0. The van der Waals surface area contributed by atoms with Gasteiger partial charge in [0.1, 0.15) is 6.61 Å². The molecule has 1 rings (SSSR count). The number of hydrogen-bond acceptors (Lipinski definition) is 2. The fraction of sp³-hybridized carbons (Fsp3) is 0.600. The number of ether oxygens (including phenoxy) is 1. The summed E-state index contributed by atoms with van der Waals surface area (Å²) in [4.78, 5) is 0. The van der Waals surface area contributed by atoms with E-state index in [4.69, 9.17) is 4.74 Å². The topological polar surface area (TPSA) is 21.3 Å². The minimum Gasteiger partial charge on any atom is -0.375 e. The Bertz CT molecular complexity index is 341. The average molecular weight is 271 g/mol. The molecule has 1 aromatic carbocycles. The molecule has 0 radical (unpaired) electrons. The molecule has 0 aromatic heterocycles. The number of nitrogens with one attached hydrogen (secondary N) is 1. The molecular formula is C15H23F2NO. The van der Waals surface area contributed by atoms with Crippen molar-refractivity contribution in [1.29, 1.82) is 0 Å². The van der Waals surface area contributed by atoms with Crippen LogP contribution in [-0.2, 0) is 11.2 Å². The highest BCUT2D eigenvalue weighted by atomic mass is 19.3. The lowest BCUT2D eigenvalue weighted by Gasteiger charge is -2.18. The van der Waals surface area contributed by atoms with E-state index in [9.17, 15) is 8.78 Å². The molecule has 0 bridgehead atoms. The third kappa shape index (κ3) is 6.12. The first-order valence-corrected chi connectivity index (χ1v) is 6.85. The van der Waals surface area contributed by atoms with Crippen LogP contribution in [0.1, 0.15) is 37.4 Å². The molecule has 1 unspecified atom stereocenters. The van der Waals surface area contributed by atoms with Crippen LogP contribution in [-0.4, -0.2) is 26.2 Å². The molecule has 0 heterocycles. The van der Waals surface area contributed by atoms with Gasteiger partial charge in [-0.15, -0.1) is 0 Å². The quantitative estimate of drug-likeness (QED) is 0.693. The zero-order chi connectivity index (χ0) is 14.1. The van der Waals surface area contributed by atoms with E-state index < -0.39 is 13.0 Å². The van der Waals surface area contributed by atoms with Crippen molar-refractivity contribution >= 4 is 0 Å². The van der Waals surface area contributed by atoms with E-state index >= 15 is 0 Å². The fourth-order valence-corrected chi connectivity index (χ4v) is 1.99. The van der Waals surface area contributed by atoms with E-state index in [1.165, 1.54) is 11.1 Å². The molecular weight excluding hydrogens is 248 g/mol. The number of halogens is 2. The van der Waals surface area contributed by atoms with E-state index in [0.29, 0.717) is 13.0 Å². The summed E-state index contributed by atoms with van der Waals surface area (Å²) in [5.74, 6) is 0. The summed E-state index contributed by atoms with van der Waals surface area (Å²) in [6, 6.07) is 8.58. The number of aryl methyl sites for hydroxylation is 1. The number of benzene rings is 1. The summed E-state index contributed by atoms with van der Waals surface area (Å²) in [5, 5.41) is 3.36. The normalized spacial score (nSPS) is 12.9. The molecule has 0 aliphatic rings. The maximum Gasteiger partial charge on any atom is 0.261 e. The Balaban J connectivity index is 2.50. The molecule has 1 atom stereocenters. The molecule has 108 valence electrons. The second-order valence-corrected chi connectivity index (χ2v) is 4.46. The van der Waals surface area contributed by atoms with Crippen LogP contribution in [0.5, 0.6) is 0 Å². The van der Waals surface area contributed by atoms with Gasteiger partial charge in [-0.2, -0.15) is 0 Å². The Labute approximate surface area is 114 Å². The van der Waals surface area contributed by atoms with Crippen LogP contribution in [0.15, 0.2) is 24.3 Å². The van der Waals surface area contributed by atoms with Crippen molar-refractivity contribution in [1.82, 2.24) is 5.32 Å². The number of hydrogen-bond donors (Lipinski definition) is 1. The first kappa shape index (κ1) is 16.1. The van der Waals surface area contributed by atoms with Gasteiger partial charge in [0.25, 0.3) is 6.43 Å². The largest absolute Gasteiger partial charge is 0.375 e. The van der Waals surface area contributed by atoms with Crippen LogP contribution in [0.3, 0.4) is 0 Å². The molecule has 19 heavy (non-hydrogen) atoms. The molecule has 0 fully saturated rings. The van der Waals surface area contributed by atoms with Crippen LogP contribution in [0.2, 0.25) is 0 Å². The number of alkyl halides is 2. The van der Waals surface area contributed by atoms with Gasteiger partial charge >= 0.3 is 0 Å². The van der Waals surface area contributed by atoms with E-state index in [0.717, 1.165) is 13.0 Å². The highest BCUT2D eigenvalue weighted by Gasteiger charge is 2.10. The monoisotopic (exact) mass is 271 g/mol. The molecule has 0 aliphatic heterocycles. The second-order valence-electron chi connectivity index (χ2n) is 4.46. The molecule has 0 saturated heterocycles. The van der Waals surface area contributed by atoms with E-state index in [1.54, 1.807) is 0 Å². The molecule has 0 spiro atoms. The summed E-state index contributed by atoms with van der Waals surface area (Å²) >= 11 is 0. The highest BCUT2D eigenvalue weighted by molar-refractivity contribution is 5.25. The Kier molecular flexibility index (Phi) is 7.60. The predicted octanol–water partition coefficient (Wildman–Crippen LogP) is 3.57. The lowest BCUT2D eigenvalue weighted by molar-refractivity contribution is 0.0144. The maximum atomic E-state index is 12.0. The van der Waals surface area contributed by atoms with Crippen molar-refractivity contribution in [3.05, 3.63) is 35.4 Å². The Morgan fingerprint density at radius 1 is 1.16 bits per heavy atom. The van der Waals surface area contributed by atoms with E-state index in [1.807, 2.05) is 6.92 Å². The van der Waals surface area contributed by atoms with Gasteiger partial charge in [-0.3, -0.25) is 0 Å². The Morgan fingerprint density at radius 2 is 1.84 bits per heavy atom. The minimum atomic E-state index is -2.39. The van der Waals surface area contributed by atoms with E-state index in [-0.39, 0.29) is 6.04 Å². The number of rotatable bonds is 9. The van der Waals surface area contributed by atoms with Crippen molar-refractivity contribution in [3.8, 4) is 0 Å². The summed E-state index contributed by atoms with van der Waals surface area (Å²) in [5.41, 5.74) is 2.48. The first-order valence-electron chi connectivity index (χ1n) is 6.85. The molecule has 1 N–H and O–H groups in total. The van der Waals surface area contributed by atoms with Crippen LogP contribution < -0.4 is 5.32 Å². The molecule has 1 aromatic rings. The van der Waals surface area contributed by atoms with Gasteiger partial charge in [-0.25, -0.2) is 8.78 Å². The molecule has 4 heteroatoms. The summed E-state index contributed by atoms with van der Waals surface area (Å²) in [6.45, 7) is 4.86. The Hall–Kier alpha value is -1.00. The van der Waals surface area contributed by atoms with Crippen molar-refractivity contribution in [2.45, 2.75) is 39.2 Å². The maximum absolute atomic E-state index is 12.0. The lowest BCUT2D eigenvalue weighted by Crippen LogP contribution is -2.22. The smallest absolute Gasteiger partial charge is 0.261 e. The molecule has 0 amide bonds. The molecule has 0 saturated carbocycles. The van der Waals surface area contributed by atoms with Crippen molar-refractivity contribution in [2.75, 3.05) is 19.8 Å². The van der Waals surface area contributed by atoms with Crippen LogP contribution in [0.25, 0.3) is 0 Å². The third-order valence-corrected chi connectivity index (χ3v) is 3.04. The molecule has 2 nitrogen and oxygen atoms in total. The third-order valence-electron chi connectivity index (χ3n) is 3.04. The van der Waals surface area contributed by atoms with E-state index in [2.05, 4.69) is 36.5 Å². The average Bonchev–Trinajstić information content (AvgIpc) is 2.42. The zero-order valence-electron chi connectivity index (χ0n) is 11.7. The standard InChI is InChI=1S/C15H23F2NO/c1-3-12-5-7-13(8-6-12)14(18-4-2)9-10-19-11-15(16)17/h5-8,14-15,18H,3-4,9-11H2,1-2H3. The van der Waals surface area contributed by atoms with Crippen LogP contribution in [0.4, 0.5) is 8.78 Å². The van der Waals surface area contributed by atoms with Crippen LogP contribution >= 0.6 is 0 Å². The van der Waals surface area contributed by atoms with Gasteiger partial charge in [0.2, 0.25) is 0 Å².